The summed E-state index contributed by atoms with van der Waals surface area (Å²) in [5, 5.41) is 16.1. The predicted octanol–water partition coefficient (Wildman–Crippen LogP) is 6.08. The van der Waals surface area contributed by atoms with Crippen LogP contribution >= 0.6 is 11.8 Å². The van der Waals surface area contributed by atoms with Gasteiger partial charge in [0.05, 0.1) is 18.2 Å². The number of benzene rings is 2. The molecule has 0 fully saturated rings. The number of rotatable bonds is 10. The smallest absolute Gasteiger partial charge is 0.257 e. The third-order valence-corrected chi connectivity index (χ3v) is 7.21. The van der Waals surface area contributed by atoms with Crippen molar-refractivity contribution in [3.63, 3.8) is 0 Å². The molecule has 1 amide bonds. The molecule has 1 aromatic heterocycles. The maximum absolute atomic E-state index is 13.1. The Morgan fingerprint density at radius 3 is 2.69 bits per heavy atom. The van der Waals surface area contributed by atoms with E-state index in [4.69, 9.17) is 4.74 Å². The van der Waals surface area contributed by atoms with E-state index >= 15 is 0 Å². The highest BCUT2D eigenvalue weighted by molar-refractivity contribution is 8.12. The summed E-state index contributed by atoms with van der Waals surface area (Å²) in [7, 11) is 0. The van der Waals surface area contributed by atoms with Crippen LogP contribution in [0.5, 0.6) is 5.75 Å². The van der Waals surface area contributed by atoms with Crippen LogP contribution in [0.15, 0.2) is 72.4 Å². The highest BCUT2D eigenvalue weighted by Crippen LogP contribution is 2.27. The van der Waals surface area contributed by atoms with Crippen LogP contribution in [0.25, 0.3) is 5.76 Å². The molecular formula is C28H30N4O3S. The molecule has 36 heavy (non-hydrogen) atoms. The second-order valence-electron chi connectivity index (χ2n) is 8.67. The molecule has 3 aromatic rings. The summed E-state index contributed by atoms with van der Waals surface area (Å²) in [4.78, 5) is 21.7. The summed E-state index contributed by atoms with van der Waals surface area (Å²) in [5.74, 6) is 0.603. The summed E-state index contributed by atoms with van der Waals surface area (Å²) < 4.78 is 6.07. The number of hydrogen-bond acceptors (Lipinski definition) is 7. The van der Waals surface area contributed by atoms with Crippen molar-refractivity contribution in [3.05, 3.63) is 89.6 Å². The number of carbonyl (C=O) groups is 1. The number of aliphatic hydroxyl groups is 1. The summed E-state index contributed by atoms with van der Waals surface area (Å²) in [6.45, 7) is 8.82. The van der Waals surface area contributed by atoms with Crippen LogP contribution in [0, 0.1) is 6.92 Å². The molecule has 0 saturated heterocycles. The average Bonchev–Trinajstić information content (AvgIpc) is 3.28. The first kappa shape index (κ1) is 25.3. The number of thioether (sulfide) groups is 1. The van der Waals surface area contributed by atoms with Gasteiger partial charge in [-0.25, -0.2) is 4.98 Å². The maximum Gasteiger partial charge on any atom is 0.257 e. The number of amides is 1. The summed E-state index contributed by atoms with van der Waals surface area (Å²) in [5.41, 5.74) is 6.01. The summed E-state index contributed by atoms with van der Waals surface area (Å²) in [6, 6.07) is 17.2. The van der Waals surface area contributed by atoms with Crippen LogP contribution in [0.4, 0.5) is 11.5 Å². The minimum atomic E-state index is -0.309. The molecule has 2 unspecified atom stereocenters. The van der Waals surface area contributed by atoms with Crippen LogP contribution in [0.3, 0.4) is 0 Å². The number of aromatic nitrogens is 1. The lowest BCUT2D eigenvalue weighted by molar-refractivity contribution is 0.102. The van der Waals surface area contributed by atoms with Gasteiger partial charge in [0.2, 0.25) is 0 Å². The topological polar surface area (TPSA) is 95.8 Å². The molecule has 2 aromatic carbocycles. The van der Waals surface area contributed by atoms with Gasteiger partial charge in [0.15, 0.2) is 0 Å². The van der Waals surface area contributed by atoms with E-state index in [1.165, 1.54) is 17.3 Å². The predicted molar refractivity (Wildman–Crippen MR) is 148 cm³/mol. The Morgan fingerprint density at radius 1 is 1.17 bits per heavy atom. The van der Waals surface area contributed by atoms with Gasteiger partial charge in [-0.1, -0.05) is 30.8 Å². The van der Waals surface area contributed by atoms with Crippen LogP contribution in [0.1, 0.15) is 40.4 Å². The molecule has 0 radical (unpaired) electrons. The average molecular weight is 503 g/mol. The lowest BCUT2D eigenvalue weighted by atomic mass is 10.1. The van der Waals surface area contributed by atoms with Crippen molar-refractivity contribution in [2.75, 3.05) is 17.2 Å². The number of aliphatic imine (C=N–C) groups is 1. The minimum absolute atomic E-state index is 0.0773. The van der Waals surface area contributed by atoms with Gasteiger partial charge in [0.25, 0.3) is 5.91 Å². The van der Waals surface area contributed by atoms with Crippen molar-refractivity contribution in [1.29, 1.82) is 0 Å². The lowest BCUT2D eigenvalue weighted by Gasteiger charge is -2.16. The number of aryl methyl sites for hydroxylation is 1. The third kappa shape index (κ3) is 6.66. The Hall–Kier alpha value is -3.78. The molecule has 1 aliphatic heterocycles. The minimum Gasteiger partial charge on any atom is -0.508 e. The lowest BCUT2D eigenvalue weighted by Crippen LogP contribution is -2.17. The van der Waals surface area contributed by atoms with Gasteiger partial charge in [-0.15, -0.1) is 11.8 Å². The van der Waals surface area contributed by atoms with E-state index in [1.54, 1.807) is 36.0 Å². The molecule has 0 saturated carbocycles. The maximum atomic E-state index is 13.1. The van der Waals surface area contributed by atoms with E-state index in [0.717, 1.165) is 12.1 Å². The molecule has 0 spiro atoms. The monoisotopic (exact) mass is 502 g/mol. The first-order valence-corrected chi connectivity index (χ1v) is 12.7. The van der Waals surface area contributed by atoms with Gasteiger partial charge in [-0.3, -0.25) is 9.79 Å². The zero-order valence-electron chi connectivity index (χ0n) is 20.4. The van der Waals surface area contributed by atoms with Crippen LogP contribution in [-0.2, 0) is 6.54 Å². The summed E-state index contributed by atoms with van der Waals surface area (Å²) in [6.07, 6.45) is 2.32. The molecule has 186 valence electrons. The number of nitrogens with one attached hydrogen (secondary N) is 2. The highest BCUT2D eigenvalue weighted by Gasteiger charge is 2.20. The fraction of sp³-hybridized carbons (Fsp3) is 0.250. The largest absolute Gasteiger partial charge is 0.508 e. The van der Waals surface area contributed by atoms with Crippen molar-refractivity contribution in [3.8, 4) is 5.75 Å². The van der Waals surface area contributed by atoms with E-state index in [1.807, 2.05) is 23.7 Å². The molecule has 3 N–H and O–H groups in total. The molecule has 2 atom stereocenters. The molecule has 2 heterocycles. The first-order chi connectivity index (χ1) is 17.4. The SMILES string of the molecule is C=C(O)c1ccc(NC(=O)c2cc(NCc3ccccc3C)cc(OCCC3SC=NC3C)c2)nc1. The highest BCUT2D eigenvalue weighted by atomic mass is 32.2. The molecule has 8 heteroatoms. The molecule has 4 rings (SSSR count). The second-order valence-corrected chi connectivity index (χ2v) is 9.75. The summed E-state index contributed by atoms with van der Waals surface area (Å²) >= 11 is 1.73. The Labute approximate surface area is 215 Å². The molecule has 7 nitrogen and oxygen atoms in total. The zero-order valence-corrected chi connectivity index (χ0v) is 21.2. The molecule has 1 aliphatic rings. The second kappa shape index (κ2) is 11.8. The van der Waals surface area contributed by atoms with E-state index in [9.17, 15) is 9.90 Å². The molecule has 0 bridgehead atoms. The number of ether oxygens (including phenoxy) is 1. The van der Waals surface area contributed by atoms with E-state index in [-0.39, 0.29) is 17.7 Å². The van der Waals surface area contributed by atoms with Crippen LogP contribution in [-0.4, -0.2) is 39.4 Å². The van der Waals surface area contributed by atoms with E-state index < -0.39 is 0 Å². The fourth-order valence-corrected chi connectivity index (χ4v) is 4.72. The van der Waals surface area contributed by atoms with Gasteiger partial charge < -0.3 is 20.5 Å². The third-order valence-electron chi connectivity index (χ3n) is 5.99. The van der Waals surface area contributed by atoms with Crippen molar-refractivity contribution < 1.29 is 14.6 Å². The number of pyridine rings is 1. The zero-order chi connectivity index (χ0) is 25.5. The number of anilines is 2. The Morgan fingerprint density at radius 2 is 2.00 bits per heavy atom. The Balaban J connectivity index is 1.49. The van der Waals surface area contributed by atoms with Crippen molar-refractivity contribution in [2.24, 2.45) is 4.99 Å². The van der Waals surface area contributed by atoms with Gasteiger partial charge >= 0.3 is 0 Å². The molecular weight excluding hydrogens is 472 g/mol. The quantitative estimate of drug-likeness (QED) is 0.291. The van der Waals surface area contributed by atoms with E-state index in [2.05, 4.69) is 53.2 Å². The number of nitrogens with zero attached hydrogens (tertiary/aromatic N) is 2. The molecule has 0 aliphatic carbocycles. The van der Waals surface area contributed by atoms with Gasteiger partial charge in [-0.2, -0.15) is 0 Å². The van der Waals surface area contributed by atoms with Crippen LogP contribution < -0.4 is 15.4 Å². The Bertz CT molecular complexity index is 1260. The van der Waals surface area contributed by atoms with Gasteiger partial charge in [0.1, 0.15) is 17.3 Å². The van der Waals surface area contributed by atoms with Crippen molar-refractivity contribution >= 4 is 40.5 Å². The van der Waals surface area contributed by atoms with Crippen LogP contribution in [0.2, 0.25) is 0 Å². The van der Waals surface area contributed by atoms with Gasteiger partial charge in [-0.05, 0) is 55.7 Å². The van der Waals surface area contributed by atoms with Gasteiger partial charge in [0, 0.05) is 40.9 Å². The van der Waals surface area contributed by atoms with E-state index in [0.29, 0.717) is 41.1 Å². The first-order valence-electron chi connectivity index (χ1n) is 11.8. The van der Waals surface area contributed by atoms with Crippen molar-refractivity contribution in [2.45, 2.75) is 38.1 Å². The standard InChI is InChI=1S/C28H30N4O3S/c1-18-6-4-5-7-21(18)15-29-24-12-23(28(34)32-27-9-8-22(16-30-27)20(3)33)13-25(14-24)35-11-10-26-19(2)31-17-36-26/h4-9,12-14,16-17,19,26,29,33H,3,10-11,15H2,1-2H3,(H,30,32,34). The number of aliphatic hydroxyl groups excluding tert-OH is 1. The number of carbonyl (C=O) groups excluding carboxylic acids is 1. The Kier molecular flexibility index (Phi) is 8.28. The normalized spacial score (nSPS) is 16.5. The van der Waals surface area contributed by atoms with Crippen molar-refractivity contribution in [1.82, 2.24) is 4.98 Å². The number of hydrogen-bond donors (Lipinski definition) is 3. The fourth-order valence-electron chi connectivity index (χ4n) is 3.77.